The smallest absolute Gasteiger partial charge is 0.369 e. The van der Waals surface area contributed by atoms with Crippen molar-refractivity contribution in [1.82, 2.24) is 0 Å². The Hall–Kier alpha value is -3.15. The minimum atomic E-state index is -0.926. The zero-order chi connectivity index (χ0) is 15.1. The minimum absolute atomic E-state index is 0.137. The number of carbonyl (C=O) groups is 1. The van der Waals surface area contributed by atoms with E-state index >= 15 is 0 Å². The number of hydrazone groups is 1. The molecule has 0 heterocycles. The van der Waals surface area contributed by atoms with Crippen LogP contribution in [0, 0.1) is 21.4 Å². The lowest BCUT2D eigenvalue weighted by molar-refractivity contribution is -0.384. The largest absolute Gasteiger partial charge is 0.495 e. The summed E-state index contributed by atoms with van der Waals surface area (Å²) in [5.41, 5.74) is 1.78. The Bertz CT molecular complexity index is 605. The molecule has 9 nitrogen and oxygen atoms in total. The van der Waals surface area contributed by atoms with E-state index < -0.39 is 16.6 Å². The summed E-state index contributed by atoms with van der Waals surface area (Å²) in [6.07, 6.45) is 0. The van der Waals surface area contributed by atoms with Gasteiger partial charge in [-0.1, -0.05) is 0 Å². The number of hydrogen-bond acceptors (Lipinski definition) is 8. The van der Waals surface area contributed by atoms with Gasteiger partial charge >= 0.3 is 5.97 Å². The van der Waals surface area contributed by atoms with Crippen molar-refractivity contribution in [2.45, 2.75) is 0 Å². The predicted molar refractivity (Wildman–Crippen MR) is 68.3 cm³/mol. The van der Waals surface area contributed by atoms with Gasteiger partial charge in [-0.3, -0.25) is 15.5 Å². The summed E-state index contributed by atoms with van der Waals surface area (Å²) >= 11 is 0. The Morgan fingerprint density at radius 2 is 2.20 bits per heavy atom. The molecule has 0 fully saturated rings. The number of esters is 1. The third-order valence-electron chi connectivity index (χ3n) is 2.17. The molecular formula is C11H10N4O5. The van der Waals surface area contributed by atoms with Gasteiger partial charge in [0.15, 0.2) is 0 Å². The first-order chi connectivity index (χ1) is 9.53. The lowest BCUT2D eigenvalue weighted by Gasteiger charge is -2.07. The maximum atomic E-state index is 11.1. The fourth-order valence-electron chi connectivity index (χ4n) is 1.23. The van der Waals surface area contributed by atoms with Gasteiger partial charge in [0.25, 0.3) is 5.69 Å². The van der Waals surface area contributed by atoms with Crippen LogP contribution in [0.5, 0.6) is 5.75 Å². The Labute approximate surface area is 113 Å². The van der Waals surface area contributed by atoms with Crippen molar-refractivity contribution in [3.63, 3.8) is 0 Å². The van der Waals surface area contributed by atoms with Gasteiger partial charge in [0.05, 0.1) is 19.1 Å². The lowest BCUT2D eigenvalue weighted by atomic mass is 10.2. The number of nitrogens with one attached hydrogen (secondary N) is 1. The Morgan fingerprint density at radius 1 is 1.50 bits per heavy atom. The number of nitrogens with zero attached hydrogens (tertiary/aromatic N) is 3. The van der Waals surface area contributed by atoms with Crippen LogP contribution < -0.4 is 10.2 Å². The highest BCUT2D eigenvalue weighted by Gasteiger charge is 2.13. The molecule has 1 N–H and O–H groups in total. The van der Waals surface area contributed by atoms with Gasteiger partial charge in [-0.15, -0.1) is 0 Å². The summed E-state index contributed by atoms with van der Waals surface area (Å²) in [4.78, 5) is 21.2. The van der Waals surface area contributed by atoms with Gasteiger partial charge in [0.1, 0.15) is 17.5 Å². The zero-order valence-corrected chi connectivity index (χ0v) is 10.6. The highest BCUT2D eigenvalue weighted by atomic mass is 16.6. The number of nitro groups is 1. The molecule has 0 atom stereocenters. The predicted octanol–water partition coefficient (Wildman–Crippen LogP) is 1.07. The van der Waals surface area contributed by atoms with E-state index in [-0.39, 0.29) is 17.1 Å². The lowest BCUT2D eigenvalue weighted by Crippen LogP contribution is -2.15. The zero-order valence-electron chi connectivity index (χ0n) is 10.6. The third kappa shape index (κ3) is 3.42. The van der Waals surface area contributed by atoms with Gasteiger partial charge in [0.2, 0.25) is 5.71 Å². The fourth-order valence-corrected chi connectivity index (χ4v) is 1.23. The van der Waals surface area contributed by atoms with Crippen LogP contribution in [-0.4, -0.2) is 30.8 Å². The molecule has 20 heavy (non-hydrogen) atoms. The summed E-state index contributed by atoms with van der Waals surface area (Å²) in [6.45, 7) is 0. The summed E-state index contributed by atoms with van der Waals surface area (Å²) in [5.74, 6) is -0.661. The molecule has 0 radical (unpaired) electrons. The first kappa shape index (κ1) is 14.9. The van der Waals surface area contributed by atoms with Gasteiger partial charge in [-0.2, -0.15) is 10.4 Å². The molecule has 0 saturated heterocycles. The molecule has 0 aromatic heterocycles. The van der Waals surface area contributed by atoms with Crippen LogP contribution in [0.15, 0.2) is 23.3 Å². The number of hydrogen-bond donors (Lipinski definition) is 1. The molecule has 0 aliphatic heterocycles. The highest BCUT2D eigenvalue weighted by Crippen LogP contribution is 2.28. The second-order valence-electron chi connectivity index (χ2n) is 3.32. The van der Waals surface area contributed by atoms with Crippen molar-refractivity contribution in [2.75, 3.05) is 19.6 Å². The highest BCUT2D eigenvalue weighted by molar-refractivity contribution is 6.43. The molecule has 1 rings (SSSR count). The molecule has 0 unspecified atom stereocenters. The quantitative estimate of drug-likeness (QED) is 0.369. The Morgan fingerprint density at radius 3 is 2.70 bits per heavy atom. The van der Waals surface area contributed by atoms with E-state index in [2.05, 4.69) is 15.3 Å². The van der Waals surface area contributed by atoms with Gasteiger partial charge in [-0.05, 0) is 6.07 Å². The van der Waals surface area contributed by atoms with E-state index in [9.17, 15) is 14.9 Å². The fraction of sp³-hybridized carbons (Fsp3) is 0.182. The summed E-state index contributed by atoms with van der Waals surface area (Å²) < 4.78 is 9.32. The van der Waals surface area contributed by atoms with E-state index in [0.717, 1.165) is 13.2 Å². The molecule has 1 aromatic rings. The van der Waals surface area contributed by atoms with Crippen molar-refractivity contribution in [3.8, 4) is 11.8 Å². The van der Waals surface area contributed by atoms with Gasteiger partial charge < -0.3 is 9.47 Å². The Kier molecular flexibility index (Phi) is 4.99. The number of nitro benzene ring substituents is 1. The van der Waals surface area contributed by atoms with E-state index in [1.54, 1.807) is 0 Å². The van der Waals surface area contributed by atoms with Gasteiger partial charge in [0, 0.05) is 12.1 Å². The van der Waals surface area contributed by atoms with Crippen LogP contribution in [-0.2, 0) is 9.53 Å². The average Bonchev–Trinajstić information content (AvgIpc) is 2.47. The standard InChI is InChI=1S/C11H10N4O5/c1-19-10-4-3-7(15(17)18)5-8(10)13-14-9(6-12)11(16)20-2/h3-5,13H,1-2H3/b14-9+. The van der Waals surface area contributed by atoms with Crippen molar-refractivity contribution in [1.29, 1.82) is 5.26 Å². The first-order valence-corrected chi connectivity index (χ1v) is 5.18. The maximum absolute atomic E-state index is 11.1. The maximum Gasteiger partial charge on any atom is 0.369 e. The topological polar surface area (TPSA) is 127 Å². The minimum Gasteiger partial charge on any atom is -0.495 e. The van der Waals surface area contributed by atoms with E-state index in [0.29, 0.717) is 0 Å². The second kappa shape index (κ2) is 6.69. The van der Waals surface area contributed by atoms with Crippen molar-refractivity contribution in [2.24, 2.45) is 5.10 Å². The molecule has 104 valence electrons. The van der Waals surface area contributed by atoms with Crippen LogP contribution in [0.25, 0.3) is 0 Å². The SMILES string of the molecule is COC(=O)/C(C#N)=N/Nc1cc([N+](=O)[O-])ccc1OC. The number of rotatable bonds is 5. The average molecular weight is 278 g/mol. The molecule has 0 amide bonds. The first-order valence-electron chi connectivity index (χ1n) is 5.18. The van der Waals surface area contributed by atoms with Gasteiger partial charge in [-0.25, -0.2) is 4.79 Å². The number of ether oxygens (including phenoxy) is 2. The molecule has 0 saturated carbocycles. The summed E-state index contributed by atoms with van der Waals surface area (Å²) in [6, 6.07) is 5.31. The van der Waals surface area contributed by atoms with E-state index in [1.165, 1.54) is 25.3 Å². The number of carbonyl (C=O) groups excluding carboxylic acids is 1. The summed E-state index contributed by atoms with van der Waals surface area (Å²) in [5, 5.41) is 22.9. The summed E-state index contributed by atoms with van der Waals surface area (Å²) in [7, 11) is 2.46. The van der Waals surface area contributed by atoms with Crippen molar-refractivity contribution in [3.05, 3.63) is 28.3 Å². The molecule has 9 heteroatoms. The molecule has 0 spiro atoms. The van der Waals surface area contributed by atoms with Crippen LogP contribution in [0.1, 0.15) is 0 Å². The van der Waals surface area contributed by atoms with Crippen LogP contribution in [0.4, 0.5) is 11.4 Å². The number of benzene rings is 1. The van der Waals surface area contributed by atoms with Crippen LogP contribution >= 0.6 is 0 Å². The van der Waals surface area contributed by atoms with Crippen LogP contribution in [0.3, 0.4) is 0 Å². The second-order valence-corrected chi connectivity index (χ2v) is 3.32. The normalized spacial score (nSPS) is 10.3. The van der Waals surface area contributed by atoms with E-state index in [4.69, 9.17) is 10.00 Å². The number of nitriles is 1. The monoisotopic (exact) mass is 278 g/mol. The number of anilines is 1. The Balaban J connectivity index is 3.10. The molecule has 0 bridgehead atoms. The third-order valence-corrected chi connectivity index (χ3v) is 2.17. The number of methoxy groups -OCH3 is 2. The van der Waals surface area contributed by atoms with E-state index in [1.807, 2.05) is 0 Å². The molecule has 0 aliphatic rings. The molecule has 1 aromatic carbocycles. The van der Waals surface area contributed by atoms with Crippen LogP contribution in [0.2, 0.25) is 0 Å². The van der Waals surface area contributed by atoms with Crippen molar-refractivity contribution < 1.29 is 19.2 Å². The number of non-ortho nitro benzene ring substituents is 1. The molecular weight excluding hydrogens is 268 g/mol. The van der Waals surface area contributed by atoms with Crippen molar-refractivity contribution >= 4 is 23.1 Å². The molecule has 0 aliphatic carbocycles.